The van der Waals surface area contributed by atoms with Gasteiger partial charge in [0, 0.05) is 83.1 Å². The van der Waals surface area contributed by atoms with Gasteiger partial charge in [-0.15, -0.1) is 0 Å². The van der Waals surface area contributed by atoms with E-state index < -0.39 is 12.2 Å². The molecule has 14 nitrogen and oxygen atoms in total. The molecule has 4 heterocycles. The lowest BCUT2D eigenvalue weighted by atomic mass is 10.0. The molecule has 4 aliphatic heterocycles. The van der Waals surface area contributed by atoms with Crippen LogP contribution in [0.3, 0.4) is 0 Å². The van der Waals surface area contributed by atoms with Crippen LogP contribution < -0.4 is 10.1 Å². The lowest BCUT2D eigenvalue weighted by molar-refractivity contribution is -0.144. The maximum atomic E-state index is 14.2. The fourth-order valence-corrected chi connectivity index (χ4v) is 8.12. The minimum absolute atomic E-state index is 0. The molecule has 2 aromatic carbocycles. The van der Waals surface area contributed by atoms with Crippen molar-refractivity contribution < 1.29 is 38.5 Å². The number of amides is 4. The summed E-state index contributed by atoms with van der Waals surface area (Å²) in [6.07, 6.45) is 2.38. The molecule has 4 amide bonds. The van der Waals surface area contributed by atoms with Gasteiger partial charge in [0.25, 0.3) is 5.91 Å². The highest BCUT2D eigenvalue weighted by Crippen LogP contribution is 2.32. The number of nitrogens with one attached hydrogen (secondary N) is 1. The van der Waals surface area contributed by atoms with Gasteiger partial charge < -0.3 is 39.3 Å². The summed E-state index contributed by atoms with van der Waals surface area (Å²) in [5, 5.41) is 13.5. The molecule has 14 heteroatoms. The Morgan fingerprint density at radius 1 is 0.907 bits per heavy atom. The van der Waals surface area contributed by atoms with Gasteiger partial charge in [0.15, 0.2) is 17.6 Å². The van der Waals surface area contributed by atoms with Crippen LogP contribution in [-0.2, 0) is 31.9 Å². The van der Waals surface area contributed by atoms with Gasteiger partial charge in [0.2, 0.25) is 0 Å². The monoisotopic (exact) mass is 750 g/mol. The lowest BCUT2D eigenvalue weighted by Crippen LogP contribution is -2.57. The molecule has 6 rings (SSSR count). The molecule has 0 unspecified atom stereocenters. The van der Waals surface area contributed by atoms with Crippen LogP contribution in [0.4, 0.5) is 15.3 Å². The first-order chi connectivity index (χ1) is 25.6. The molecule has 0 aromatic heterocycles. The second-order valence-electron chi connectivity index (χ2n) is 14.5. The molecule has 0 spiro atoms. The number of hydrogen-bond donors (Lipinski definition) is 2. The maximum absolute atomic E-state index is 14.2. The molecule has 2 aromatic rings. The zero-order valence-electron chi connectivity index (χ0n) is 31.3. The number of para-hydroxylation sites is 1. The number of aromatic hydroxyl groups is 1. The predicted molar refractivity (Wildman–Crippen MR) is 205 cm³/mol. The zero-order valence-corrected chi connectivity index (χ0v) is 31.3. The van der Waals surface area contributed by atoms with E-state index in [1.165, 1.54) is 7.11 Å². The largest absolute Gasteiger partial charge is 0.504 e. The molecular formula is C40H58N6O8. The Hall–Kier alpha value is -4.56. The average molecular weight is 751 g/mol. The fraction of sp³-hybridized carbons (Fsp3) is 0.600. The van der Waals surface area contributed by atoms with Crippen molar-refractivity contribution in [2.45, 2.75) is 78.0 Å². The molecule has 0 bridgehead atoms. The number of aryl methyl sites for hydroxylation is 1. The van der Waals surface area contributed by atoms with Gasteiger partial charge in [-0.2, -0.15) is 0 Å². The highest BCUT2D eigenvalue weighted by Gasteiger charge is 2.36. The van der Waals surface area contributed by atoms with Gasteiger partial charge in [-0.1, -0.05) is 31.7 Å². The molecule has 0 saturated carbocycles. The van der Waals surface area contributed by atoms with Gasteiger partial charge in [-0.25, -0.2) is 9.59 Å². The fourth-order valence-electron chi connectivity index (χ4n) is 8.12. The van der Waals surface area contributed by atoms with Gasteiger partial charge >= 0.3 is 18.1 Å². The number of urea groups is 1. The van der Waals surface area contributed by atoms with Crippen molar-refractivity contribution >= 4 is 29.7 Å². The molecule has 54 heavy (non-hydrogen) atoms. The molecule has 1 atom stereocenters. The smallest absolute Gasteiger partial charge is 0.410 e. The number of esters is 1. The summed E-state index contributed by atoms with van der Waals surface area (Å²) >= 11 is 0. The van der Waals surface area contributed by atoms with Gasteiger partial charge in [0.1, 0.15) is 0 Å². The Bertz CT molecular complexity index is 1620. The number of hydrogen-bond acceptors (Lipinski definition) is 10. The maximum Gasteiger partial charge on any atom is 0.410 e. The van der Waals surface area contributed by atoms with E-state index in [0.717, 1.165) is 43.6 Å². The van der Waals surface area contributed by atoms with Crippen LogP contribution in [0.2, 0.25) is 0 Å². The Morgan fingerprint density at radius 2 is 1.59 bits per heavy atom. The van der Waals surface area contributed by atoms with Crippen LogP contribution >= 0.6 is 0 Å². The van der Waals surface area contributed by atoms with Crippen molar-refractivity contribution in [2.75, 3.05) is 84.5 Å². The second-order valence-corrected chi connectivity index (χ2v) is 14.5. The number of phenols is 1. The minimum Gasteiger partial charge on any atom is -0.504 e. The van der Waals surface area contributed by atoms with E-state index in [0.29, 0.717) is 94.7 Å². The van der Waals surface area contributed by atoms with E-state index in [1.807, 2.05) is 36.1 Å². The Kier molecular flexibility index (Phi) is 14.0. The predicted octanol–water partition coefficient (Wildman–Crippen LogP) is 4.12. The van der Waals surface area contributed by atoms with Crippen molar-refractivity contribution in [3.8, 4) is 11.5 Å². The Labute approximate surface area is 319 Å². The van der Waals surface area contributed by atoms with E-state index in [-0.39, 0.29) is 43.5 Å². The highest BCUT2D eigenvalue weighted by molar-refractivity contribution is 5.91. The third-order valence-corrected chi connectivity index (χ3v) is 11.1. The summed E-state index contributed by atoms with van der Waals surface area (Å²) in [6.45, 7) is 9.80. The number of benzene rings is 2. The van der Waals surface area contributed by atoms with Crippen molar-refractivity contribution in [1.82, 2.24) is 24.5 Å². The summed E-state index contributed by atoms with van der Waals surface area (Å²) in [6, 6.07) is 11.6. The number of likely N-dealkylation sites (tertiary alicyclic amines) is 2. The number of piperidine rings is 2. The van der Waals surface area contributed by atoms with Crippen LogP contribution in [0.25, 0.3) is 0 Å². The first-order valence-electron chi connectivity index (χ1n) is 19.0. The number of anilines is 1. The number of piperazine rings is 1. The van der Waals surface area contributed by atoms with E-state index in [4.69, 9.17) is 14.2 Å². The molecule has 3 saturated heterocycles. The third kappa shape index (κ3) is 9.75. The first kappa shape index (κ1) is 40.6. The molecule has 296 valence electrons. The number of phenolic OH excluding ortho intramolecular Hbond substituents is 1. The van der Waals surface area contributed by atoms with Gasteiger partial charge in [-0.05, 0) is 74.8 Å². The minimum atomic E-state index is -1.07. The third-order valence-electron chi connectivity index (χ3n) is 11.1. The van der Waals surface area contributed by atoms with E-state index >= 15 is 0 Å². The summed E-state index contributed by atoms with van der Waals surface area (Å²) in [4.78, 5) is 62.8. The molecule has 4 aliphatic rings. The van der Waals surface area contributed by atoms with Crippen molar-refractivity contribution in [3.05, 3.63) is 53.1 Å². The van der Waals surface area contributed by atoms with Crippen molar-refractivity contribution in [3.63, 3.8) is 0 Å². The summed E-state index contributed by atoms with van der Waals surface area (Å²) in [7, 11) is 1.47. The van der Waals surface area contributed by atoms with Gasteiger partial charge in [0.05, 0.1) is 20.3 Å². The standard InChI is InChI=1S/C39H54N6O8.CH4/c1-4-52-35(46)26-41-14-10-30(11-15-41)42-19-21-43(22-20-42)37(48)34(25-28-23-27(2)36(47)33(24-28)51-3)53-39(50)44-16-12-31(13-17-44)45-18-9-29-7-5-6-8-32(29)40-38(45)49;/h5-8,23-24,30-31,34,47H,4,9-22,25-26H2,1-3H3,(H,40,49);1H4/t34-;/m1./s1. The molecule has 0 radical (unpaired) electrons. The van der Waals surface area contributed by atoms with E-state index in [2.05, 4.69) is 15.1 Å². The van der Waals surface area contributed by atoms with Crippen LogP contribution in [0, 0.1) is 6.92 Å². The van der Waals surface area contributed by atoms with E-state index in [1.54, 1.807) is 28.9 Å². The normalized spacial score (nSPS) is 19.5. The van der Waals surface area contributed by atoms with Gasteiger partial charge in [-0.3, -0.25) is 19.4 Å². The Morgan fingerprint density at radius 3 is 2.28 bits per heavy atom. The van der Waals surface area contributed by atoms with Crippen LogP contribution in [-0.4, -0.2) is 151 Å². The summed E-state index contributed by atoms with van der Waals surface area (Å²) in [5.74, 6) is -0.110. The van der Waals surface area contributed by atoms with Crippen molar-refractivity contribution in [2.24, 2.45) is 0 Å². The highest BCUT2D eigenvalue weighted by atomic mass is 16.6. The quantitative estimate of drug-likeness (QED) is 0.341. The second kappa shape index (κ2) is 18.7. The average Bonchev–Trinajstić information content (AvgIpc) is 3.34. The molecule has 0 aliphatic carbocycles. The summed E-state index contributed by atoms with van der Waals surface area (Å²) in [5.41, 5.74) is 3.26. The topological polar surface area (TPSA) is 144 Å². The number of rotatable bonds is 10. The SMILES string of the molecule is C.CCOC(=O)CN1CCC(N2CCN(C(=O)[C@@H](Cc3cc(C)c(O)c(OC)c3)OC(=O)N3CCC(N4CCc5ccccc5NC4=O)CC3)CC2)CC1. The number of ether oxygens (including phenoxy) is 3. The molecule has 3 fully saturated rings. The number of carbonyl (C=O) groups is 4. The van der Waals surface area contributed by atoms with Crippen LogP contribution in [0.15, 0.2) is 36.4 Å². The van der Waals surface area contributed by atoms with E-state index in [9.17, 15) is 24.3 Å². The number of carbonyl (C=O) groups excluding carboxylic acids is 4. The van der Waals surface area contributed by atoms with Crippen LogP contribution in [0.5, 0.6) is 11.5 Å². The first-order valence-corrected chi connectivity index (χ1v) is 19.0. The Balaban J connectivity index is 0.00000561. The number of methoxy groups -OCH3 is 1. The lowest BCUT2D eigenvalue weighted by Gasteiger charge is -2.43. The van der Waals surface area contributed by atoms with Crippen molar-refractivity contribution in [1.29, 1.82) is 0 Å². The zero-order chi connectivity index (χ0) is 37.5. The molecular weight excluding hydrogens is 692 g/mol. The van der Waals surface area contributed by atoms with Crippen LogP contribution in [0.1, 0.15) is 56.7 Å². The summed E-state index contributed by atoms with van der Waals surface area (Å²) < 4.78 is 16.5. The number of fused-ring (bicyclic) bond motifs is 1. The molecule has 2 N–H and O–H groups in total. The number of nitrogens with zero attached hydrogens (tertiary/aromatic N) is 5.